The molecule has 2 aromatic rings. The molecule has 0 aliphatic carbocycles. The van der Waals surface area contributed by atoms with Crippen LogP contribution in [0.15, 0.2) is 42.5 Å². The summed E-state index contributed by atoms with van der Waals surface area (Å²) in [6.45, 7) is 13.3. The minimum absolute atomic E-state index is 0.337. The van der Waals surface area contributed by atoms with E-state index in [-0.39, 0.29) is 11.8 Å². The summed E-state index contributed by atoms with van der Waals surface area (Å²) in [5.74, 6) is -0.679. The first-order chi connectivity index (χ1) is 13.2. The number of nitrogens with one attached hydrogen (secondary N) is 2. The summed E-state index contributed by atoms with van der Waals surface area (Å²) in [4.78, 5) is 27.7. The average molecular weight is 382 g/mol. The van der Waals surface area contributed by atoms with Crippen molar-refractivity contribution in [2.45, 2.75) is 41.5 Å². The van der Waals surface area contributed by atoms with Crippen LogP contribution in [-0.2, 0) is 9.59 Å². The van der Waals surface area contributed by atoms with E-state index in [1.807, 2.05) is 50.2 Å². The molecular weight excluding hydrogens is 350 g/mol. The number of rotatable bonds is 7. The Morgan fingerprint density at radius 1 is 0.893 bits per heavy atom. The molecular formula is C23H31N3O2. The largest absolute Gasteiger partial charge is 0.372 e. The van der Waals surface area contributed by atoms with E-state index in [0.717, 1.165) is 35.6 Å². The Labute approximate surface area is 168 Å². The van der Waals surface area contributed by atoms with E-state index in [4.69, 9.17) is 0 Å². The molecule has 0 saturated heterocycles. The maximum atomic E-state index is 12.8. The molecule has 2 amide bonds. The Morgan fingerprint density at radius 2 is 1.46 bits per heavy atom. The maximum Gasteiger partial charge on any atom is 0.239 e. The average Bonchev–Trinajstić information content (AvgIpc) is 2.66. The lowest BCUT2D eigenvalue weighted by atomic mass is 9.90. The van der Waals surface area contributed by atoms with E-state index >= 15 is 0 Å². The molecule has 0 saturated carbocycles. The monoisotopic (exact) mass is 381 g/mol. The summed E-state index contributed by atoms with van der Waals surface area (Å²) < 4.78 is 0. The van der Waals surface area contributed by atoms with E-state index in [9.17, 15) is 9.59 Å². The molecule has 2 rings (SSSR count). The molecule has 28 heavy (non-hydrogen) atoms. The molecule has 0 heterocycles. The number of amides is 2. The van der Waals surface area contributed by atoms with Gasteiger partial charge < -0.3 is 15.5 Å². The molecule has 150 valence electrons. The topological polar surface area (TPSA) is 61.4 Å². The Hall–Kier alpha value is -2.82. The Kier molecular flexibility index (Phi) is 6.84. The molecule has 0 aliphatic rings. The van der Waals surface area contributed by atoms with Gasteiger partial charge in [-0.2, -0.15) is 0 Å². The fourth-order valence-electron chi connectivity index (χ4n) is 2.88. The fourth-order valence-corrected chi connectivity index (χ4v) is 2.88. The van der Waals surface area contributed by atoms with Crippen molar-refractivity contribution in [3.05, 3.63) is 53.6 Å². The van der Waals surface area contributed by atoms with Crippen molar-refractivity contribution >= 4 is 28.9 Å². The Balaban J connectivity index is 2.11. The van der Waals surface area contributed by atoms with E-state index in [0.29, 0.717) is 5.69 Å². The van der Waals surface area contributed by atoms with Crippen molar-refractivity contribution in [1.82, 2.24) is 0 Å². The lowest BCUT2D eigenvalue weighted by Crippen LogP contribution is -2.41. The van der Waals surface area contributed by atoms with Gasteiger partial charge in [0.05, 0.1) is 0 Å². The molecule has 0 unspecified atom stereocenters. The molecule has 0 radical (unpaired) electrons. The molecule has 0 bridgehead atoms. The van der Waals surface area contributed by atoms with Crippen LogP contribution in [0.4, 0.5) is 17.1 Å². The highest BCUT2D eigenvalue weighted by atomic mass is 16.2. The van der Waals surface area contributed by atoms with Crippen LogP contribution in [0.25, 0.3) is 0 Å². The molecule has 5 nitrogen and oxygen atoms in total. The van der Waals surface area contributed by atoms with Gasteiger partial charge in [-0.3, -0.25) is 9.59 Å². The van der Waals surface area contributed by atoms with Crippen LogP contribution < -0.4 is 15.5 Å². The number of aryl methyl sites for hydroxylation is 2. The lowest BCUT2D eigenvalue weighted by Gasteiger charge is -2.25. The van der Waals surface area contributed by atoms with Crippen molar-refractivity contribution in [3.63, 3.8) is 0 Å². The van der Waals surface area contributed by atoms with Crippen LogP contribution in [-0.4, -0.2) is 24.9 Å². The minimum atomic E-state index is -1.21. The van der Waals surface area contributed by atoms with E-state index in [2.05, 4.69) is 35.4 Å². The molecule has 0 fully saturated rings. The fraction of sp³-hybridized carbons (Fsp3) is 0.391. The Bertz CT molecular complexity index is 837. The number of hydrogen-bond acceptors (Lipinski definition) is 3. The predicted molar refractivity (Wildman–Crippen MR) is 117 cm³/mol. The zero-order chi connectivity index (χ0) is 20.9. The first-order valence-corrected chi connectivity index (χ1v) is 9.74. The van der Waals surface area contributed by atoms with Gasteiger partial charge in [0, 0.05) is 30.2 Å². The van der Waals surface area contributed by atoms with Gasteiger partial charge in [0.15, 0.2) is 0 Å². The van der Waals surface area contributed by atoms with Gasteiger partial charge in [0.1, 0.15) is 5.41 Å². The summed E-state index contributed by atoms with van der Waals surface area (Å²) in [6, 6.07) is 13.5. The summed E-state index contributed by atoms with van der Waals surface area (Å²) in [5, 5.41) is 5.73. The van der Waals surface area contributed by atoms with E-state index in [1.165, 1.54) is 0 Å². The van der Waals surface area contributed by atoms with Gasteiger partial charge in [-0.05, 0) is 77.4 Å². The summed E-state index contributed by atoms with van der Waals surface area (Å²) in [5.41, 5.74) is 3.38. The SMILES string of the molecule is CCN(CC)c1ccc(NC(=O)C(C)(C)C(=O)Nc2ccc(C)cc2)c(C)c1. The molecule has 2 aromatic carbocycles. The van der Waals surface area contributed by atoms with E-state index < -0.39 is 5.41 Å². The third-order valence-corrected chi connectivity index (χ3v) is 5.03. The number of hydrogen-bond donors (Lipinski definition) is 2. The normalized spacial score (nSPS) is 11.1. The van der Waals surface area contributed by atoms with Crippen molar-refractivity contribution in [2.24, 2.45) is 5.41 Å². The third-order valence-electron chi connectivity index (χ3n) is 5.03. The molecule has 0 aromatic heterocycles. The molecule has 5 heteroatoms. The van der Waals surface area contributed by atoms with Crippen molar-refractivity contribution in [1.29, 1.82) is 0 Å². The van der Waals surface area contributed by atoms with Gasteiger partial charge in [0.25, 0.3) is 0 Å². The summed E-state index contributed by atoms with van der Waals surface area (Å²) in [6.07, 6.45) is 0. The minimum Gasteiger partial charge on any atom is -0.372 e. The number of carbonyl (C=O) groups excluding carboxylic acids is 2. The van der Waals surface area contributed by atoms with E-state index in [1.54, 1.807) is 13.8 Å². The summed E-state index contributed by atoms with van der Waals surface area (Å²) in [7, 11) is 0. The Morgan fingerprint density at radius 3 is 2.00 bits per heavy atom. The highest BCUT2D eigenvalue weighted by molar-refractivity contribution is 6.14. The van der Waals surface area contributed by atoms with Gasteiger partial charge in [-0.15, -0.1) is 0 Å². The van der Waals surface area contributed by atoms with Crippen molar-refractivity contribution in [2.75, 3.05) is 28.6 Å². The van der Waals surface area contributed by atoms with Crippen LogP contribution in [0.2, 0.25) is 0 Å². The van der Waals surface area contributed by atoms with Gasteiger partial charge in [0.2, 0.25) is 11.8 Å². The second-order valence-corrected chi connectivity index (χ2v) is 7.57. The number of carbonyl (C=O) groups is 2. The van der Waals surface area contributed by atoms with Crippen LogP contribution in [0.1, 0.15) is 38.8 Å². The highest BCUT2D eigenvalue weighted by Gasteiger charge is 2.36. The maximum absolute atomic E-state index is 12.8. The number of anilines is 3. The van der Waals surface area contributed by atoms with Gasteiger partial charge in [-0.25, -0.2) is 0 Å². The molecule has 2 N–H and O–H groups in total. The third kappa shape index (κ3) is 4.91. The van der Waals surface area contributed by atoms with Crippen LogP contribution in [0.5, 0.6) is 0 Å². The predicted octanol–water partition coefficient (Wildman–Crippen LogP) is 4.75. The summed E-state index contributed by atoms with van der Waals surface area (Å²) >= 11 is 0. The zero-order valence-electron chi connectivity index (χ0n) is 17.7. The molecule has 0 atom stereocenters. The second kappa shape index (κ2) is 8.91. The first kappa shape index (κ1) is 21.5. The number of benzene rings is 2. The highest BCUT2D eigenvalue weighted by Crippen LogP contribution is 2.26. The van der Waals surface area contributed by atoms with Gasteiger partial charge in [-0.1, -0.05) is 17.7 Å². The van der Waals surface area contributed by atoms with Crippen molar-refractivity contribution < 1.29 is 9.59 Å². The standard InChI is InChI=1S/C23H31N3O2/c1-7-26(8-2)19-13-14-20(17(4)15-19)25-22(28)23(5,6)21(27)24-18-11-9-16(3)10-12-18/h9-15H,7-8H2,1-6H3,(H,24,27)(H,25,28). The van der Waals surface area contributed by atoms with Crippen LogP contribution in [0.3, 0.4) is 0 Å². The quantitative estimate of drug-likeness (QED) is 0.680. The molecule has 0 aliphatic heterocycles. The zero-order valence-corrected chi connectivity index (χ0v) is 17.7. The second-order valence-electron chi connectivity index (χ2n) is 7.57. The van der Waals surface area contributed by atoms with Gasteiger partial charge >= 0.3 is 0 Å². The first-order valence-electron chi connectivity index (χ1n) is 9.74. The molecule has 0 spiro atoms. The number of nitrogens with zero attached hydrogens (tertiary/aromatic N) is 1. The lowest BCUT2D eigenvalue weighted by molar-refractivity contribution is -0.135. The van der Waals surface area contributed by atoms with Crippen LogP contribution >= 0.6 is 0 Å². The van der Waals surface area contributed by atoms with Crippen molar-refractivity contribution in [3.8, 4) is 0 Å². The van der Waals surface area contributed by atoms with Crippen LogP contribution in [0, 0.1) is 19.3 Å². The smallest absolute Gasteiger partial charge is 0.239 e.